The summed E-state index contributed by atoms with van der Waals surface area (Å²) < 4.78 is 47.9. The van der Waals surface area contributed by atoms with Crippen LogP contribution in [0.25, 0.3) is 5.69 Å². The van der Waals surface area contributed by atoms with Crippen LogP contribution in [-0.2, 0) is 7.05 Å². The van der Waals surface area contributed by atoms with Crippen LogP contribution in [0.4, 0.5) is 30.7 Å². The normalized spacial score (nSPS) is 12.0. The molecule has 3 N–H and O–H groups in total. The van der Waals surface area contributed by atoms with Gasteiger partial charge < -0.3 is 15.2 Å². The molecule has 0 atom stereocenters. The van der Waals surface area contributed by atoms with Crippen molar-refractivity contribution in [1.29, 1.82) is 0 Å². The van der Waals surface area contributed by atoms with Crippen molar-refractivity contribution < 1.29 is 23.1 Å². The van der Waals surface area contributed by atoms with E-state index in [9.17, 15) is 23.2 Å². The highest BCUT2D eigenvalue weighted by atomic mass is 19.2. The summed E-state index contributed by atoms with van der Waals surface area (Å²) in [5.74, 6) is -3.58. The van der Waals surface area contributed by atoms with E-state index in [0.29, 0.717) is 6.20 Å². The Morgan fingerprint density at radius 2 is 1.88 bits per heavy atom. The van der Waals surface area contributed by atoms with Gasteiger partial charge in [-0.1, -0.05) is 0 Å². The number of nitrogens with one attached hydrogen (secondary N) is 2. The summed E-state index contributed by atoms with van der Waals surface area (Å²) in [6.07, 6.45) is 0.654. The maximum Gasteiger partial charge on any atom is 0.368 e. The molecule has 0 aliphatic carbocycles. The standard InChI is InChI=1S/C16H15B2F3N8O3/c1-15(2,31)16(17,18)32-11-4-7(19)9(5-10(11)29-14(30)28(3)26-27-29)23-13-22-6-8(20)12(24-13)25-21/h4-6,31H,1-3H3,(H2,22,23,24,25). The number of aryl methyl sites for hydroxylation is 1. The van der Waals surface area contributed by atoms with Crippen LogP contribution in [0, 0.1) is 11.6 Å². The van der Waals surface area contributed by atoms with Gasteiger partial charge in [-0.15, -0.1) is 4.48 Å². The first-order valence-electron chi connectivity index (χ1n) is 8.82. The van der Waals surface area contributed by atoms with Crippen molar-refractivity contribution in [3.63, 3.8) is 0 Å². The number of halogens is 3. The first-order valence-corrected chi connectivity index (χ1v) is 8.82. The number of hydrogen-bond acceptors (Lipinski definition) is 9. The minimum Gasteiger partial charge on any atom is -0.502 e. The molecule has 2 heterocycles. The van der Waals surface area contributed by atoms with Crippen molar-refractivity contribution in [2.75, 3.05) is 10.9 Å². The smallest absolute Gasteiger partial charge is 0.368 e. The van der Waals surface area contributed by atoms with Gasteiger partial charge in [-0.3, -0.25) is 0 Å². The first kappa shape index (κ1) is 23.1. The van der Waals surface area contributed by atoms with E-state index in [2.05, 4.69) is 25.7 Å². The van der Waals surface area contributed by atoms with Gasteiger partial charge in [-0.05, 0) is 30.3 Å². The molecule has 0 aliphatic rings. The van der Waals surface area contributed by atoms with E-state index in [1.165, 1.54) is 20.9 Å². The van der Waals surface area contributed by atoms with Crippen LogP contribution in [0.3, 0.4) is 0 Å². The second-order valence-corrected chi connectivity index (χ2v) is 7.16. The van der Waals surface area contributed by atoms with Crippen molar-refractivity contribution in [1.82, 2.24) is 29.8 Å². The number of aromatic nitrogens is 6. The first-order chi connectivity index (χ1) is 14.8. The average Bonchev–Trinajstić information content (AvgIpc) is 3.02. The molecule has 0 saturated heterocycles. The van der Waals surface area contributed by atoms with Crippen LogP contribution < -0.4 is 21.3 Å². The highest BCUT2D eigenvalue weighted by Gasteiger charge is 2.37. The molecule has 0 unspecified atom stereocenters. The second-order valence-electron chi connectivity index (χ2n) is 7.16. The molecule has 0 spiro atoms. The van der Waals surface area contributed by atoms with Crippen LogP contribution in [-0.4, -0.2) is 61.6 Å². The Hall–Kier alpha value is -3.55. The second kappa shape index (κ2) is 8.18. The van der Waals surface area contributed by atoms with Crippen LogP contribution in [0.2, 0.25) is 0 Å². The van der Waals surface area contributed by atoms with Crippen molar-refractivity contribution in [2.45, 2.75) is 24.8 Å². The fourth-order valence-electron chi connectivity index (χ4n) is 2.27. The van der Waals surface area contributed by atoms with Gasteiger partial charge in [-0.25, -0.2) is 24.1 Å². The maximum absolute atomic E-state index is 14.8. The van der Waals surface area contributed by atoms with Gasteiger partial charge in [0.25, 0.3) is 0 Å². The minimum absolute atomic E-state index is 0.178. The molecule has 1 aromatic carbocycles. The van der Waals surface area contributed by atoms with Gasteiger partial charge in [-0.2, -0.15) is 14.3 Å². The number of nitrogens with zero attached hydrogens (tertiary/aromatic N) is 6. The molecule has 11 nitrogen and oxygen atoms in total. The predicted octanol–water partition coefficient (Wildman–Crippen LogP) is 0.215. The summed E-state index contributed by atoms with van der Waals surface area (Å²) >= 11 is 0. The van der Waals surface area contributed by atoms with Crippen molar-refractivity contribution in [3.05, 3.63) is 40.4 Å². The largest absolute Gasteiger partial charge is 0.502 e. The van der Waals surface area contributed by atoms with E-state index in [1.807, 2.05) is 0 Å². The van der Waals surface area contributed by atoms with Crippen LogP contribution >= 0.6 is 0 Å². The lowest BCUT2D eigenvalue weighted by molar-refractivity contribution is -0.0170. The zero-order valence-electron chi connectivity index (χ0n) is 17.0. The maximum atomic E-state index is 14.8. The van der Waals surface area contributed by atoms with E-state index in [-0.39, 0.29) is 23.1 Å². The molecule has 32 heavy (non-hydrogen) atoms. The molecule has 0 amide bonds. The van der Waals surface area contributed by atoms with E-state index in [0.717, 1.165) is 27.0 Å². The average molecular weight is 446 g/mol. The monoisotopic (exact) mass is 446 g/mol. The highest BCUT2D eigenvalue weighted by Crippen LogP contribution is 2.33. The number of benzene rings is 1. The van der Waals surface area contributed by atoms with Crippen LogP contribution in [0.15, 0.2) is 23.1 Å². The molecule has 164 valence electrons. The van der Waals surface area contributed by atoms with Gasteiger partial charge in [0.05, 0.1) is 22.9 Å². The molecular formula is C16H15B2F3N8O3. The third-order valence-corrected chi connectivity index (χ3v) is 4.31. The van der Waals surface area contributed by atoms with Gasteiger partial charge in [0.2, 0.25) is 5.95 Å². The third-order valence-electron chi connectivity index (χ3n) is 4.31. The summed E-state index contributed by atoms with van der Waals surface area (Å²) in [5, 5.41) is 17.6. The van der Waals surface area contributed by atoms with Crippen LogP contribution in [0.5, 0.6) is 5.75 Å². The minimum atomic E-state index is -2.21. The molecule has 3 rings (SSSR count). The highest BCUT2D eigenvalue weighted by molar-refractivity contribution is 6.40. The Morgan fingerprint density at radius 1 is 1.19 bits per heavy atom. The summed E-state index contributed by atoms with van der Waals surface area (Å²) in [6.45, 7) is 2.52. The van der Waals surface area contributed by atoms with Gasteiger partial charge in [0, 0.05) is 13.1 Å². The number of aliphatic hydroxyl groups is 1. The summed E-state index contributed by atoms with van der Waals surface area (Å²) in [6, 6.07) is 1.85. The van der Waals surface area contributed by atoms with E-state index in [4.69, 9.17) is 20.4 Å². The number of anilines is 3. The fourth-order valence-corrected chi connectivity index (χ4v) is 2.27. The van der Waals surface area contributed by atoms with Gasteiger partial charge in [0.1, 0.15) is 27.1 Å². The lowest BCUT2D eigenvalue weighted by atomic mass is 9.56. The van der Waals surface area contributed by atoms with Gasteiger partial charge >= 0.3 is 5.69 Å². The fraction of sp³-hybridized carbons (Fsp3) is 0.312. The Labute approximate surface area is 181 Å². The topological polar surface area (TPSA) is 132 Å². The number of rotatable bonds is 7. The zero-order valence-corrected chi connectivity index (χ0v) is 17.0. The van der Waals surface area contributed by atoms with E-state index >= 15 is 0 Å². The molecule has 0 saturated carbocycles. The molecule has 0 fully saturated rings. The summed E-state index contributed by atoms with van der Waals surface area (Å²) in [7, 11) is 12.9. The van der Waals surface area contributed by atoms with Crippen LogP contribution in [0.1, 0.15) is 13.8 Å². The predicted molar refractivity (Wildman–Crippen MR) is 108 cm³/mol. The molecule has 4 radical (unpaired) electrons. The lowest BCUT2D eigenvalue weighted by Gasteiger charge is -2.39. The van der Waals surface area contributed by atoms with Crippen molar-refractivity contribution >= 4 is 33.1 Å². The third kappa shape index (κ3) is 4.39. The molecule has 2 aromatic heterocycles. The number of ether oxygens (including phenoxy) is 1. The van der Waals surface area contributed by atoms with Gasteiger partial charge in [0.15, 0.2) is 17.5 Å². The zero-order chi connectivity index (χ0) is 23.8. The Morgan fingerprint density at radius 3 is 2.44 bits per heavy atom. The SMILES string of the molecule is [B]C([B])(Oc1cc(F)c(Nc2ncc(F)c(NF)n2)cc1-n1nnn(C)c1=O)C(C)(C)O. The Balaban J connectivity index is 2.13. The van der Waals surface area contributed by atoms with E-state index < -0.39 is 34.1 Å². The Kier molecular flexibility index (Phi) is 5.91. The summed E-state index contributed by atoms with van der Waals surface area (Å²) in [5.41, 5.74) is -2.00. The number of tetrazole rings is 1. The van der Waals surface area contributed by atoms with Crippen molar-refractivity contribution in [2.24, 2.45) is 7.05 Å². The number of hydrogen-bond donors (Lipinski definition) is 3. The lowest BCUT2D eigenvalue weighted by Crippen LogP contribution is -2.56. The summed E-state index contributed by atoms with van der Waals surface area (Å²) in [4.78, 5) is 19.5. The molecule has 0 bridgehead atoms. The Bertz CT molecular complexity index is 1210. The van der Waals surface area contributed by atoms with Crippen molar-refractivity contribution in [3.8, 4) is 11.4 Å². The molecule has 3 aromatic rings. The molecule has 0 aliphatic heterocycles. The molecule has 16 heteroatoms. The molecular weight excluding hydrogens is 431 g/mol. The van der Waals surface area contributed by atoms with E-state index in [1.54, 1.807) is 0 Å². The quantitative estimate of drug-likeness (QED) is 0.345.